The molecular formula is C18H26Cl2N2O2. The molecule has 2 aliphatic rings. The van der Waals surface area contributed by atoms with Crippen LogP contribution in [0, 0.1) is 17.8 Å². The predicted molar refractivity (Wildman–Crippen MR) is 100 cm³/mol. The molecule has 3 N–H and O–H groups in total. The third-order valence-electron chi connectivity index (χ3n) is 5.28. The Labute approximate surface area is 154 Å². The standard InChI is InChI=1S/C18H25ClN2O2.ClH/c1-2-23-16-7-6-14(10-15(16)19)21-18(22)13-8-11-4-3-5-12(9-13)17(11)20;/h6-7,10-13,17H,2-5,8-9,20H2,1H3,(H,21,22);1H. The molecule has 1 aromatic rings. The van der Waals surface area contributed by atoms with Crippen LogP contribution in [0.15, 0.2) is 18.2 Å². The first-order chi connectivity index (χ1) is 11.1. The number of halogens is 2. The maximum absolute atomic E-state index is 12.6. The summed E-state index contributed by atoms with van der Waals surface area (Å²) in [6.45, 7) is 2.48. The van der Waals surface area contributed by atoms with Crippen LogP contribution in [0.3, 0.4) is 0 Å². The lowest BCUT2D eigenvalue weighted by Crippen LogP contribution is -2.48. The van der Waals surface area contributed by atoms with E-state index in [-0.39, 0.29) is 30.3 Å². The zero-order chi connectivity index (χ0) is 16.4. The summed E-state index contributed by atoms with van der Waals surface area (Å²) in [6.07, 6.45) is 5.40. The molecule has 0 aliphatic heterocycles. The molecule has 134 valence electrons. The first-order valence-corrected chi connectivity index (χ1v) is 8.95. The van der Waals surface area contributed by atoms with Crippen LogP contribution in [0.5, 0.6) is 5.75 Å². The van der Waals surface area contributed by atoms with Crippen LogP contribution in [-0.2, 0) is 4.79 Å². The van der Waals surface area contributed by atoms with Gasteiger partial charge in [-0.1, -0.05) is 18.0 Å². The molecule has 0 spiro atoms. The normalized spacial score (nSPS) is 28.6. The molecule has 24 heavy (non-hydrogen) atoms. The molecule has 6 heteroatoms. The third kappa shape index (κ3) is 4.16. The van der Waals surface area contributed by atoms with Crippen LogP contribution in [0.25, 0.3) is 0 Å². The number of ether oxygens (including phenoxy) is 1. The summed E-state index contributed by atoms with van der Waals surface area (Å²) in [6, 6.07) is 5.67. The summed E-state index contributed by atoms with van der Waals surface area (Å²) in [5.41, 5.74) is 7.03. The highest BCUT2D eigenvalue weighted by Crippen LogP contribution is 2.42. The molecule has 2 unspecified atom stereocenters. The van der Waals surface area contributed by atoms with Gasteiger partial charge in [-0.3, -0.25) is 4.79 Å². The van der Waals surface area contributed by atoms with Gasteiger partial charge < -0.3 is 15.8 Å². The monoisotopic (exact) mass is 372 g/mol. The van der Waals surface area contributed by atoms with Gasteiger partial charge in [0.25, 0.3) is 0 Å². The number of nitrogens with one attached hydrogen (secondary N) is 1. The van der Waals surface area contributed by atoms with Crippen LogP contribution in [0.2, 0.25) is 5.02 Å². The summed E-state index contributed by atoms with van der Waals surface area (Å²) in [4.78, 5) is 12.6. The summed E-state index contributed by atoms with van der Waals surface area (Å²) in [5, 5.41) is 3.53. The minimum absolute atomic E-state index is 0. The Balaban J connectivity index is 0.00000208. The van der Waals surface area contributed by atoms with Gasteiger partial charge in [-0.05, 0) is 62.6 Å². The lowest BCUT2D eigenvalue weighted by molar-refractivity contribution is -0.122. The fourth-order valence-corrected chi connectivity index (χ4v) is 4.33. The topological polar surface area (TPSA) is 64.3 Å². The van der Waals surface area contributed by atoms with Gasteiger partial charge >= 0.3 is 0 Å². The molecule has 4 nitrogen and oxygen atoms in total. The zero-order valence-electron chi connectivity index (χ0n) is 14.0. The Morgan fingerprint density at radius 3 is 2.58 bits per heavy atom. The van der Waals surface area contributed by atoms with Gasteiger partial charge in [0.2, 0.25) is 5.91 Å². The Bertz CT molecular complexity index is 568. The quantitative estimate of drug-likeness (QED) is 0.829. The molecular weight excluding hydrogens is 347 g/mol. The van der Waals surface area contributed by atoms with E-state index in [1.54, 1.807) is 12.1 Å². The van der Waals surface area contributed by atoms with E-state index in [2.05, 4.69) is 5.32 Å². The van der Waals surface area contributed by atoms with Crippen molar-refractivity contribution in [3.05, 3.63) is 23.2 Å². The molecule has 0 radical (unpaired) electrons. The Kier molecular flexibility index (Phi) is 6.79. The fourth-order valence-electron chi connectivity index (χ4n) is 4.10. The second-order valence-electron chi connectivity index (χ2n) is 6.76. The number of hydrogen-bond acceptors (Lipinski definition) is 3. The van der Waals surface area contributed by atoms with E-state index >= 15 is 0 Å². The number of anilines is 1. The molecule has 3 rings (SSSR count). The van der Waals surface area contributed by atoms with Crippen LogP contribution < -0.4 is 15.8 Å². The van der Waals surface area contributed by atoms with E-state index in [4.69, 9.17) is 22.1 Å². The van der Waals surface area contributed by atoms with E-state index in [9.17, 15) is 4.79 Å². The number of hydrogen-bond donors (Lipinski definition) is 2. The molecule has 0 aromatic heterocycles. The third-order valence-corrected chi connectivity index (χ3v) is 5.58. The molecule has 1 amide bonds. The van der Waals surface area contributed by atoms with Gasteiger partial charge in [-0.15, -0.1) is 12.4 Å². The number of nitrogens with two attached hydrogens (primary N) is 1. The lowest BCUT2D eigenvalue weighted by Gasteiger charge is -2.43. The molecule has 1 aromatic carbocycles. The first kappa shape index (κ1) is 19.4. The molecule has 2 aliphatic carbocycles. The maximum Gasteiger partial charge on any atom is 0.227 e. The van der Waals surface area contributed by atoms with E-state index in [0.29, 0.717) is 29.2 Å². The first-order valence-electron chi connectivity index (χ1n) is 8.57. The highest BCUT2D eigenvalue weighted by Gasteiger charge is 2.40. The Morgan fingerprint density at radius 1 is 1.33 bits per heavy atom. The van der Waals surface area contributed by atoms with Gasteiger partial charge in [-0.25, -0.2) is 0 Å². The summed E-state index contributed by atoms with van der Waals surface area (Å²) >= 11 is 6.18. The minimum atomic E-state index is 0. The van der Waals surface area contributed by atoms with Crippen molar-refractivity contribution in [2.45, 2.75) is 45.1 Å². The summed E-state index contributed by atoms with van der Waals surface area (Å²) < 4.78 is 5.42. The van der Waals surface area contributed by atoms with E-state index in [1.165, 1.54) is 6.42 Å². The second kappa shape index (κ2) is 8.41. The maximum atomic E-state index is 12.6. The van der Waals surface area contributed by atoms with E-state index in [1.807, 2.05) is 13.0 Å². The number of carbonyl (C=O) groups is 1. The average molecular weight is 373 g/mol. The SMILES string of the molecule is CCOc1ccc(NC(=O)C2CC3CCCC(C2)C3N)cc1Cl.Cl. The lowest BCUT2D eigenvalue weighted by atomic mass is 9.65. The molecule has 2 atom stereocenters. The van der Waals surface area contributed by atoms with Crippen LogP contribution in [0.4, 0.5) is 5.69 Å². The van der Waals surface area contributed by atoms with Crippen LogP contribution >= 0.6 is 24.0 Å². The highest BCUT2D eigenvalue weighted by atomic mass is 35.5. The number of amides is 1. The van der Waals surface area contributed by atoms with Gasteiger partial charge in [0, 0.05) is 17.6 Å². The number of rotatable bonds is 4. The molecule has 2 fully saturated rings. The van der Waals surface area contributed by atoms with Crippen molar-refractivity contribution in [3.8, 4) is 5.75 Å². The minimum Gasteiger partial charge on any atom is -0.492 e. The van der Waals surface area contributed by atoms with Crippen LogP contribution in [-0.4, -0.2) is 18.6 Å². The van der Waals surface area contributed by atoms with Gasteiger partial charge in [0.15, 0.2) is 0 Å². The zero-order valence-corrected chi connectivity index (χ0v) is 15.5. The highest BCUT2D eigenvalue weighted by molar-refractivity contribution is 6.32. The van der Waals surface area contributed by atoms with Gasteiger partial charge in [0.1, 0.15) is 5.75 Å². The summed E-state index contributed by atoms with van der Waals surface area (Å²) in [7, 11) is 0. The van der Waals surface area contributed by atoms with Gasteiger partial charge in [-0.2, -0.15) is 0 Å². The predicted octanol–water partition coefficient (Wildman–Crippen LogP) is 4.25. The van der Waals surface area contributed by atoms with E-state index < -0.39 is 0 Å². The van der Waals surface area contributed by atoms with Crippen molar-refractivity contribution < 1.29 is 9.53 Å². The Hall–Kier alpha value is -0.970. The van der Waals surface area contributed by atoms with Crippen LogP contribution in [0.1, 0.15) is 39.0 Å². The van der Waals surface area contributed by atoms with Crippen molar-refractivity contribution in [3.63, 3.8) is 0 Å². The molecule has 0 saturated heterocycles. The van der Waals surface area contributed by atoms with Crippen molar-refractivity contribution in [1.82, 2.24) is 0 Å². The molecule has 2 bridgehead atoms. The van der Waals surface area contributed by atoms with Crippen molar-refractivity contribution in [2.24, 2.45) is 23.5 Å². The summed E-state index contributed by atoms with van der Waals surface area (Å²) in [5.74, 6) is 1.80. The van der Waals surface area contributed by atoms with Crippen molar-refractivity contribution in [2.75, 3.05) is 11.9 Å². The number of fused-ring (bicyclic) bond motifs is 2. The number of benzene rings is 1. The molecule has 0 heterocycles. The fraction of sp³-hybridized carbons (Fsp3) is 0.611. The smallest absolute Gasteiger partial charge is 0.227 e. The average Bonchev–Trinajstić information content (AvgIpc) is 2.50. The van der Waals surface area contributed by atoms with Gasteiger partial charge in [0.05, 0.1) is 11.6 Å². The molecule has 2 saturated carbocycles. The Morgan fingerprint density at radius 2 is 2.00 bits per heavy atom. The van der Waals surface area contributed by atoms with E-state index in [0.717, 1.165) is 31.4 Å². The number of carbonyl (C=O) groups excluding carboxylic acids is 1. The van der Waals surface area contributed by atoms with Crippen molar-refractivity contribution >= 4 is 35.6 Å². The largest absolute Gasteiger partial charge is 0.492 e. The van der Waals surface area contributed by atoms with Crippen molar-refractivity contribution in [1.29, 1.82) is 0 Å². The second-order valence-corrected chi connectivity index (χ2v) is 7.17.